The molecular weight excluding hydrogens is 507 g/mol. The Morgan fingerprint density at radius 3 is 2.43 bits per heavy atom. The van der Waals surface area contributed by atoms with Gasteiger partial charge in [0.05, 0.1) is 11.0 Å². The van der Waals surface area contributed by atoms with Gasteiger partial charge in [-0.05, 0) is 73.1 Å². The van der Waals surface area contributed by atoms with Crippen LogP contribution in [0.2, 0.25) is 0 Å². The van der Waals surface area contributed by atoms with Crippen LogP contribution in [-0.2, 0) is 9.84 Å². The minimum absolute atomic E-state index is 0.0411. The number of hydrogen-bond acceptors (Lipinski definition) is 6. The number of ether oxygens (including phenoxy) is 1. The molecule has 0 unspecified atom stereocenters. The summed E-state index contributed by atoms with van der Waals surface area (Å²) in [5.41, 5.74) is 2.17. The molecule has 1 heterocycles. The van der Waals surface area contributed by atoms with E-state index < -0.39 is 27.7 Å². The number of carbonyl (C=O) groups is 1. The van der Waals surface area contributed by atoms with Gasteiger partial charge in [0.1, 0.15) is 11.5 Å². The SMILES string of the molecule is C[C@@H]1C[C@H](n2c(Nc3ccc(OC(F)(F)F)cc3)nc3ccc(C(=O)CS(C)(=O)=O)cc32)CC(C)(C)C1. The summed E-state index contributed by atoms with van der Waals surface area (Å²) < 4.78 is 67.0. The lowest BCUT2D eigenvalue weighted by Gasteiger charge is -2.40. The third-order valence-corrected chi connectivity index (χ3v) is 7.26. The van der Waals surface area contributed by atoms with Gasteiger partial charge in [-0.25, -0.2) is 13.4 Å². The maximum atomic E-state index is 12.7. The summed E-state index contributed by atoms with van der Waals surface area (Å²) in [6, 6.07) is 10.3. The predicted octanol–water partition coefficient (Wildman–Crippen LogP) is 6.29. The molecule has 0 aliphatic heterocycles. The van der Waals surface area contributed by atoms with Crippen molar-refractivity contribution < 1.29 is 31.1 Å². The largest absolute Gasteiger partial charge is 0.573 e. The highest BCUT2D eigenvalue weighted by Crippen LogP contribution is 2.46. The minimum atomic E-state index is -4.78. The van der Waals surface area contributed by atoms with E-state index in [0.717, 1.165) is 25.5 Å². The van der Waals surface area contributed by atoms with E-state index in [1.165, 1.54) is 24.3 Å². The van der Waals surface area contributed by atoms with Crippen LogP contribution in [0.4, 0.5) is 24.8 Å². The van der Waals surface area contributed by atoms with Gasteiger partial charge >= 0.3 is 6.36 Å². The Bertz CT molecular complexity index is 1410. The Kier molecular flexibility index (Phi) is 7.04. The minimum Gasteiger partial charge on any atom is -0.406 e. The molecule has 7 nitrogen and oxygen atoms in total. The smallest absolute Gasteiger partial charge is 0.406 e. The van der Waals surface area contributed by atoms with Crippen molar-refractivity contribution in [1.82, 2.24) is 9.55 Å². The Balaban J connectivity index is 1.76. The quantitative estimate of drug-likeness (QED) is 0.356. The zero-order valence-corrected chi connectivity index (χ0v) is 21.9. The summed E-state index contributed by atoms with van der Waals surface area (Å²) >= 11 is 0. The third kappa shape index (κ3) is 6.82. The van der Waals surface area contributed by atoms with Crippen LogP contribution in [0.15, 0.2) is 42.5 Å². The number of nitrogens with zero attached hydrogens (tertiary/aromatic N) is 2. The zero-order chi connectivity index (χ0) is 27.2. The van der Waals surface area contributed by atoms with Crippen LogP contribution in [0.3, 0.4) is 0 Å². The summed E-state index contributed by atoms with van der Waals surface area (Å²) in [5, 5.41) is 3.21. The van der Waals surface area contributed by atoms with E-state index in [0.29, 0.717) is 28.6 Å². The summed E-state index contributed by atoms with van der Waals surface area (Å²) in [7, 11) is -3.49. The Hall–Kier alpha value is -3.08. The van der Waals surface area contributed by atoms with Crippen LogP contribution in [0.25, 0.3) is 11.0 Å². The molecule has 0 amide bonds. The number of hydrogen-bond donors (Lipinski definition) is 1. The average molecular weight is 538 g/mol. The van der Waals surface area contributed by atoms with Gasteiger partial charge in [-0.1, -0.05) is 20.8 Å². The molecule has 4 rings (SSSR count). The third-order valence-electron chi connectivity index (χ3n) is 6.48. The van der Waals surface area contributed by atoms with E-state index in [4.69, 9.17) is 4.98 Å². The fourth-order valence-corrected chi connectivity index (χ4v) is 6.05. The molecule has 1 N–H and O–H groups in total. The summed E-state index contributed by atoms with van der Waals surface area (Å²) in [5.74, 6) is -0.486. The van der Waals surface area contributed by atoms with E-state index in [2.05, 4.69) is 30.8 Å². The number of benzene rings is 2. The van der Waals surface area contributed by atoms with E-state index in [1.807, 2.05) is 4.57 Å². The first kappa shape index (κ1) is 27.0. The number of imidazole rings is 1. The van der Waals surface area contributed by atoms with Gasteiger partial charge in [0, 0.05) is 23.5 Å². The average Bonchev–Trinajstić information content (AvgIpc) is 3.08. The number of fused-ring (bicyclic) bond motifs is 1. The summed E-state index contributed by atoms with van der Waals surface area (Å²) in [6.45, 7) is 6.62. The maximum Gasteiger partial charge on any atom is 0.573 e. The van der Waals surface area contributed by atoms with Crippen molar-refractivity contribution >= 4 is 38.3 Å². The monoisotopic (exact) mass is 537 g/mol. The number of alkyl halides is 3. The Morgan fingerprint density at radius 1 is 1.16 bits per heavy atom. The number of Topliss-reactive ketones (excluding diaryl/α,β-unsaturated/α-hetero) is 1. The second-order valence-electron chi connectivity index (χ2n) is 10.8. The maximum absolute atomic E-state index is 12.7. The van der Waals surface area contributed by atoms with Crippen molar-refractivity contribution in [2.75, 3.05) is 17.3 Å². The highest BCUT2D eigenvalue weighted by Gasteiger charge is 2.35. The van der Waals surface area contributed by atoms with Crippen LogP contribution in [0.1, 0.15) is 56.4 Å². The van der Waals surface area contributed by atoms with Gasteiger partial charge in [0.25, 0.3) is 0 Å². The van der Waals surface area contributed by atoms with Gasteiger partial charge in [0.2, 0.25) is 5.95 Å². The van der Waals surface area contributed by atoms with E-state index in [-0.39, 0.29) is 22.8 Å². The number of sulfone groups is 1. The number of aromatic nitrogens is 2. The molecular formula is C26H30F3N3O4S. The lowest BCUT2D eigenvalue weighted by atomic mass is 9.70. The Morgan fingerprint density at radius 2 is 1.84 bits per heavy atom. The highest BCUT2D eigenvalue weighted by molar-refractivity contribution is 7.91. The van der Waals surface area contributed by atoms with Crippen molar-refractivity contribution in [2.45, 2.75) is 52.4 Å². The molecule has 1 aromatic heterocycles. The van der Waals surface area contributed by atoms with E-state index in [1.54, 1.807) is 18.2 Å². The van der Waals surface area contributed by atoms with Crippen LogP contribution in [0.5, 0.6) is 5.75 Å². The molecule has 0 bridgehead atoms. The molecule has 1 aliphatic carbocycles. The van der Waals surface area contributed by atoms with Gasteiger partial charge in [-0.2, -0.15) is 0 Å². The number of ketones is 1. The van der Waals surface area contributed by atoms with Crippen LogP contribution >= 0.6 is 0 Å². The molecule has 1 aliphatic rings. The molecule has 1 fully saturated rings. The highest BCUT2D eigenvalue weighted by atomic mass is 32.2. The molecule has 11 heteroatoms. The molecule has 3 aromatic rings. The fourth-order valence-electron chi connectivity index (χ4n) is 5.41. The normalized spacial score (nSPS) is 20.1. The molecule has 37 heavy (non-hydrogen) atoms. The standard InChI is InChI=1S/C26H30F3N3O4S/c1-16-11-19(14-25(2,3)13-16)32-22-12-17(23(33)15-37(4,34)35)5-10-21(22)31-24(32)30-18-6-8-20(9-7-18)36-26(27,28)29/h5-10,12,16,19H,11,13-15H2,1-4H3,(H,30,31)/t16-,19+/m1/s1. The number of halogens is 3. The van der Waals surface area contributed by atoms with Crippen LogP contribution < -0.4 is 10.1 Å². The predicted molar refractivity (Wildman–Crippen MR) is 136 cm³/mol. The first-order chi connectivity index (χ1) is 17.1. The van der Waals surface area contributed by atoms with Crippen molar-refractivity contribution in [1.29, 1.82) is 0 Å². The Labute approximate surface area is 213 Å². The lowest BCUT2D eigenvalue weighted by Crippen LogP contribution is -2.29. The van der Waals surface area contributed by atoms with Crippen molar-refractivity contribution in [2.24, 2.45) is 11.3 Å². The van der Waals surface area contributed by atoms with Gasteiger partial charge in [-0.3, -0.25) is 4.79 Å². The molecule has 2 atom stereocenters. The van der Waals surface area contributed by atoms with Crippen molar-refractivity contribution in [3.8, 4) is 5.75 Å². The van der Waals surface area contributed by atoms with E-state index in [9.17, 15) is 26.4 Å². The second-order valence-corrected chi connectivity index (χ2v) is 12.9. The number of anilines is 2. The molecule has 0 saturated heterocycles. The van der Waals surface area contributed by atoms with Crippen molar-refractivity contribution in [3.63, 3.8) is 0 Å². The first-order valence-electron chi connectivity index (χ1n) is 11.9. The lowest BCUT2D eigenvalue weighted by molar-refractivity contribution is -0.274. The van der Waals surface area contributed by atoms with Gasteiger partial charge in [0.15, 0.2) is 15.6 Å². The molecule has 2 aromatic carbocycles. The van der Waals surface area contributed by atoms with Crippen LogP contribution in [-0.4, -0.2) is 42.1 Å². The molecule has 1 saturated carbocycles. The zero-order valence-electron chi connectivity index (χ0n) is 21.1. The fraction of sp³-hybridized carbons (Fsp3) is 0.462. The first-order valence-corrected chi connectivity index (χ1v) is 14.0. The topological polar surface area (TPSA) is 90.3 Å². The number of nitrogens with one attached hydrogen (secondary N) is 1. The molecule has 200 valence electrons. The second kappa shape index (κ2) is 9.66. The van der Waals surface area contributed by atoms with Gasteiger partial charge < -0.3 is 14.6 Å². The molecule has 0 spiro atoms. The van der Waals surface area contributed by atoms with E-state index >= 15 is 0 Å². The van der Waals surface area contributed by atoms with Crippen molar-refractivity contribution in [3.05, 3.63) is 48.0 Å². The summed E-state index contributed by atoms with van der Waals surface area (Å²) in [6.07, 6.45) is -0.954. The molecule has 0 radical (unpaired) electrons. The summed E-state index contributed by atoms with van der Waals surface area (Å²) in [4.78, 5) is 17.4. The van der Waals surface area contributed by atoms with Crippen LogP contribution in [0, 0.1) is 11.3 Å². The number of carbonyl (C=O) groups excluding carboxylic acids is 1. The number of rotatable bonds is 7. The van der Waals surface area contributed by atoms with Gasteiger partial charge in [-0.15, -0.1) is 13.2 Å².